The van der Waals surface area contributed by atoms with Gasteiger partial charge in [-0.25, -0.2) is 0 Å². The van der Waals surface area contributed by atoms with Crippen LogP contribution in [0.25, 0.3) is 0 Å². The minimum Gasteiger partial charge on any atom is -0.413 e. The number of carbonyl (C=O) groups excluding carboxylic acids is 2. The van der Waals surface area contributed by atoms with Crippen molar-refractivity contribution >= 4 is 19.9 Å². The van der Waals surface area contributed by atoms with Crippen molar-refractivity contribution in [3.8, 4) is 0 Å². The van der Waals surface area contributed by atoms with Gasteiger partial charge in [-0.15, -0.1) is 0 Å². The van der Waals surface area contributed by atoms with Crippen LogP contribution >= 0.6 is 0 Å². The molecule has 0 aromatic heterocycles. The average Bonchev–Trinajstić information content (AvgIpc) is 2.65. The third kappa shape index (κ3) is 4.90. The summed E-state index contributed by atoms with van der Waals surface area (Å²) >= 11 is 0. The Morgan fingerprint density at radius 1 is 1.07 bits per heavy atom. The minimum absolute atomic E-state index is 0.0997. The van der Waals surface area contributed by atoms with E-state index in [0.29, 0.717) is 41.5 Å². The van der Waals surface area contributed by atoms with E-state index in [-0.39, 0.29) is 34.9 Å². The van der Waals surface area contributed by atoms with Crippen molar-refractivity contribution < 1.29 is 14.0 Å². The lowest BCUT2D eigenvalue weighted by molar-refractivity contribution is -0.119. The van der Waals surface area contributed by atoms with Crippen LogP contribution in [0, 0.1) is 17.3 Å². The Bertz CT molecular complexity index is 669. The molecule has 170 valence electrons. The Balaban J connectivity index is 2.40. The molecule has 4 heteroatoms. The number of rotatable bonds is 5. The first-order valence-electron chi connectivity index (χ1n) is 12.0. The number of fused-ring (bicyclic) bond motifs is 1. The summed E-state index contributed by atoms with van der Waals surface area (Å²) in [5.74, 6) is 0.660. The highest BCUT2D eigenvalue weighted by Crippen LogP contribution is 2.52. The lowest BCUT2D eigenvalue weighted by Crippen LogP contribution is -2.54. The first-order valence-corrected chi connectivity index (χ1v) is 14.1. The fourth-order valence-corrected chi connectivity index (χ4v) is 12.0. The second kappa shape index (κ2) is 9.64. The number of allylic oxidation sites excluding steroid dienone is 3. The molecule has 4 atom stereocenters. The highest BCUT2D eigenvalue weighted by atomic mass is 28.4. The standard InChI is InChI=1S/C26H44O3Si/c1-17(2)30(18(3)4,19(5)6)29-25-13-15-26(9)14-12-22(27)11-10-20(7)24(28)16-23(26)21(25)8/h12,14,17-19,21,23,25H,7,10-11,13,15-16H2,1-6,8-9H3/b14-12+/t21-,23-,25-,26-/m0/s1. The molecule has 0 aromatic carbocycles. The van der Waals surface area contributed by atoms with Crippen molar-refractivity contribution in [1.29, 1.82) is 0 Å². The molecule has 30 heavy (non-hydrogen) atoms. The molecule has 0 spiro atoms. The van der Waals surface area contributed by atoms with Crippen molar-refractivity contribution in [3.05, 3.63) is 24.3 Å². The van der Waals surface area contributed by atoms with E-state index >= 15 is 0 Å². The second-order valence-electron chi connectivity index (χ2n) is 11.0. The van der Waals surface area contributed by atoms with Crippen molar-refractivity contribution in [2.75, 3.05) is 0 Å². The molecule has 2 aliphatic carbocycles. The first-order chi connectivity index (χ1) is 13.8. The fraction of sp³-hybridized carbons (Fsp3) is 0.769. The monoisotopic (exact) mass is 432 g/mol. The molecule has 1 fully saturated rings. The number of ketones is 2. The van der Waals surface area contributed by atoms with E-state index in [2.05, 4.69) is 68.0 Å². The SMILES string of the molecule is C=C1CCC(=O)/C=C/[C@@]2(C)CC[C@H](O[Si](C(C)C)(C(C)C)C(C)C)[C@@H](C)[C@@H]2CC1=O. The van der Waals surface area contributed by atoms with Gasteiger partial charge in [0, 0.05) is 18.9 Å². The average molecular weight is 433 g/mol. The third-order valence-corrected chi connectivity index (χ3v) is 14.3. The van der Waals surface area contributed by atoms with Crippen LogP contribution in [0.2, 0.25) is 16.6 Å². The second-order valence-corrected chi connectivity index (χ2v) is 16.4. The zero-order valence-electron chi connectivity index (χ0n) is 20.6. The molecule has 0 radical (unpaired) electrons. The molecule has 0 aromatic rings. The maximum atomic E-state index is 12.9. The van der Waals surface area contributed by atoms with Gasteiger partial charge >= 0.3 is 0 Å². The van der Waals surface area contributed by atoms with Gasteiger partial charge in [-0.05, 0) is 64.8 Å². The van der Waals surface area contributed by atoms with Gasteiger partial charge in [0.05, 0.1) is 0 Å². The summed E-state index contributed by atoms with van der Waals surface area (Å²) < 4.78 is 7.19. The van der Waals surface area contributed by atoms with Gasteiger partial charge in [0.1, 0.15) is 0 Å². The maximum absolute atomic E-state index is 12.9. The van der Waals surface area contributed by atoms with Gasteiger partial charge in [0.2, 0.25) is 8.32 Å². The number of hydrogen-bond acceptors (Lipinski definition) is 3. The molecule has 0 unspecified atom stereocenters. The van der Waals surface area contributed by atoms with Crippen LogP contribution in [0.3, 0.4) is 0 Å². The highest BCUT2D eigenvalue weighted by Gasteiger charge is 2.51. The van der Waals surface area contributed by atoms with Crippen LogP contribution in [-0.4, -0.2) is 26.0 Å². The zero-order chi connectivity index (χ0) is 22.9. The normalized spacial score (nSPS) is 32.6. The summed E-state index contributed by atoms with van der Waals surface area (Å²) in [6.07, 6.45) is 7.35. The Kier molecular flexibility index (Phi) is 8.12. The largest absolute Gasteiger partial charge is 0.413 e. The number of Topliss-reactive ketones (excluding diaryl/α,β-unsaturated/α-hetero) is 1. The lowest BCUT2D eigenvalue weighted by atomic mass is 9.60. The van der Waals surface area contributed by atoms with Crippen LogP contribution < -0.4 is 0 Å². The fourth-order valence-electron chi connectivity index (χ4n) is 6.35. The molecular weight excluding hydrogens is 388 g/mol. The first kappa shape index (κ1) is 25.3. The smallest absolute Gasteiger partial charge is 0.200 e. The topological polar surface area (TPSA) is 43.4 Å². The minimum atomic E-state index is -1.99. The Morgan fingerprint density at radius 2 is 1.63 bits per heavy atom. The lowest BCUT2D eigenvalue weighted by Gasteiger charge is -2.52. The van der Waals surface area contributed by atoms with Crippen molar-refractivity contribution in [2.24, 2.45) is 17.3 Å². The molecule has 3 nitrogen and oxygen atoms in total. The van der Waals surface area contributed by atoms with Gasteiger partial charge < -0.3 is 4.43 Å². The Morgan fingerprint density at radius 3 is 2.17 bits per heavy atom. The summed E-state index contributed by atoms with van der Waals surface area (Å²) in [5.41, 5.74) is 2.08. The maximum Gasteiger partial charge on any atom is 0.200 e. The van der Waals surface area contributed by atoms with E-state index < -0.39 is 8.32 Å². The molecule has 0 saturated heterocycles. The van der Waals surface area contributed by atoms with Gasteiger partial charge in [-0.1, -0.05) is 68.0 Å². The predicted molar refractivity (Wildman–Crippen MR) is 128 cm³/mol. The summed E-state index contributed by atoms with van der Waals surface area (Å²) in [6.45, 7) is 22.5. The molecule has 0 heterocycles. The highest BCUT2D eigenvalue weighted by molar-refractivity contribution is 6.77. The number of carbonyl (C=O) groups is 2. The Labute approximate surface area is 185 Å². The van der Waals surface area contributed by atoms with Crippen LogP contribution in [0.1, 0.15) is 87.5 Å². The zero-order valence-corrected chi connectivity index (χ0v) is 21.6. The van der Waals surface area contributed by atoms with Crippen molar-refractivity contribution in [3.63, 3.8) is 0 Å². The quantitative estimate of drug-likeness (QED) is 0.346. The van der Waals surface area contributed by atoms with Gasteiger partial charge in [0.15, 0.2) is 11.6 Å². The molecule has 0 aliphatic heterocycles. The van der Waals surface area contributed by atoms with E-state index in [4.69, 9.17) is 4.43 Å². The van der Waals surface area contributed by atoms with Crippen LogP contribution in [0.5, 0.6) is 0 Å². The van der Waals surface area contributed by atoms with E-state index in [1.54, 1.807) is 6.08 Å². The van der Waals surface area contributed by atoms with Gasteiger partial charge in [-0.2, -0.15) is 0 Å². The molecule has 2 aliphatic rings. The van der Waals surface area contributed by atoms with Gasteiger partial charge in [0.25, 0.3) is 0 Å². The molecule has 1 saturated carbocycles. The number of hydrogen-bond donors (Lipinski definition) is 0. The Hall–Kier alpha value is -1.00. The molecule has 2 rings (SSSR count). The van der Waals surface area contributed by atoms with E-state index in [9.17, 15) is 9.59 Å². The van der Waals surface area contributed by atoms with E-state index in [1.807, 2.05) is 0 Å². The summed E-state index contributed by atoms with van der Waals surface area (Å²) in [6, 6.07) is 0. The van der Waals surface area contributed by atoms with Crippen molar-refractivity contribution in [2.45, 2.75) is 110 Å². The van der Waals surface area contributed by atoms with Gasteiger partial charge in [-0.3, -0.25) is 9.59 Å². The van der Waals surface area contributed by atoms with Crippen molar-refractivity contribution in [1.82, 2.24) is 0 Å². The summed E-state index contributed by atoms with van der Waals surface area (Å²) in [4.78, 5) is 25.2. The van der Waals surface area contributed by atoms with Crippen LogP contribution in [-0.2, 0) is 14.0 Å². The van der Waals surface area contributed by atoms with E-state index in [1.165, 1.54) is 0 Å². The molecule has 0 N–H and O–H groups in total. The third-order valence-electron chi connectivity index (χ3n) is 8.22. The summed E-state index contributed by atoms with van der Waals surface area (Å²) in [5, 5.41) is 0. The van der Waals surface area contributed by atoms with Crippen LogP contribution in [0.4, 0.5) is 0 Å². The predicted octanol–water partition coefficient (Wildman–Crippen LogP) is 7.03. The summed E-state index contributed by atoms with van der Waals surface area (Å²) in [7, 11) is -1.99. The van der Waals surface area contributed by atoms with E-state index in [0.717, 1.165) is 12.8 Å². The van der Waals surface area contributed by atoms with Crippen LogP contribution in [0.15, 0.2) is 24.3 Å². The molecule has 0 amide bonds. The molecule has 0 bridgehead atoms. The molecular formula is C26H44O3Si.